The number of sulfonamides is 1. The van der Waals surface area contributed by atoms with Gasteiger partial charge < -0.3 is 10.1 Å². The van der Waals surface area contributed by atoms with Crippen LogP contribution in [0.15, 0.2) is 77.7 Å². The predicted molar refractivity (Wildman–Crippen MR) is 110 cm³/mol. The van der Waals surface area contributed by atoms with E-state index in [-0.39, 0.29) is 11.4 Å². The van der Waals surface area contributed by atoms with E-state index in [0.29, 0.717) is 10.7 Å². The molecule has 0 amide bonds. The highest BCUT2D eigenvalue weighted by atomic mass is 35.5. The van der Waals surface area contributed by atoms with Crippen molar-refractivity contribution in [2.75, 3.05) is 12.4 Å². The van der Waals surface area contributed by atoms with E-state index < -0.39 is 16.2 Å². The van der Waals surface area contributed by atoms with E-state index in [1.807, 2.05) is 42.5 Å². The molecule has 1 heterocycles. The molecule has 3 aromatic rings. The highest BCUT2D eigenvalue weighted by Crippen LogP contribution is 2.39. The van der Waals surface area contributed by atoms with Crippen molar-refractivity contribution in [2.24, 2.45) is 0 Å². The van der Waals surface area contributed by atoms with Gasteiger partial charge in [-0.05, 0) is 47.5 Å². The van der Waals surface area contributed by atoms with Crippen molar-refractivity contribution in [3.05, 3.63) is 88.9 Å². The molecule has 7 heteroatoms. The van der Waals surface area contributed by atoms with Crippen LogP contribution in [0.5, 0.6) is 5.75 Å². The number of benzene rings is 3. The minimum absolute atomic E-state index is 0.223. The maximum Gasteiger partial charge on any atom is 0.247 e. The van der Waals surface area contributed by atoms with E-state index in [2.05, 4.69) is 5.32 Å². The van der Waals surface area contributed by atoms with Crippen LogP contribution in [0.3, 0.4) is 0 Å². The molecule has 0 radical (unpaired) electrons. The first kappa shape index (κ1) is 18.8. The highest BCUT2D eigenvalue weighted by molar-refractivity contribution is 7.89. The molecule has 0 bridgehead atoms. The average Bonchev–Trinajstić information content (AvgIpc) is 2.71. The molecular weight excluding hydrogens is 396 g/mol. The molecule has 1 aliphatic heterocycles. The maximum absolute atomic E-state index is 13.4. The van der Waals surface area contributed by atoms with Crippen LogP contribution < -0.4 is 10.1 Å². The third kappa shape index (κ3) is 3.46. The van der Waals surface area contributed by atoms with Crippen molar-refractivity contribution in [3.8, 4) is 5.75 Å². The summed E-state index contributed by atoms with van der Waals surface area (Å²) in [5.74, 6) is 0.725. The lowest BCUT2D eigenvalue weighted by atomic mass is 10.1. The van der Waals surface area contributed by atoms with Gasteiger partial charge in [-0.15, -0.1) is 0 Å². The van der Waals surface area contributed by atoms with Gasteiger partial charge >= 0.3 is 0 Å². The van der Waals surface area contributed by atoms with E-state index in [9.17, 15) is 8.42 Å². The summed E-state index contributed by atoms with van der Waals surface area (Å²) in [6.07, 6.45) is -0.542. The van der Waals surface area contributed by atoms with Crippen LogP contribution >= 0.6 is 11.6 Å². The molecule has 1 aliphatic rings. The minimum atomic E-state index is -3.70. The van der Waals surface area contributed by atoms with E-state index in [1.165, 1.54) is 4.31 Å². The van der Waals surface area contributed by atoms with E-state index >= 15 is 0 Å². The molecular formula is C21H19ClN2O3S. The first-order chi connectivity index (χ1) is 13.5. The molecule has 4 rings (SSSR count). The molecule has 0 aromatic heterocycles. The smallest absolute Gasteiger partial charge is 0.247 e. The van der Waals surface area contributed by atoms with Gasteiger partial charge in [-0.25, -0.2) is 8.42 Å². The number of hydrogen-bond acceptors (Lipinski definition) is 4. The summed E-state index contributed by atoms with van der Waals surface area (Å²) in [4.78, 5) is 0.272. The van der Waals surface area contributed by atoms with E-state index in [1.54, 1.807) is 37.4 Å². The summed E-state index contributed by atoms with van der Waals surface area (Å²) < 4.78 is 33.5. The van der Waals surface area contributed by atoms with Crippen LogP contribution in [-0.2, 0) is 16.6 Å². The van der Waals surface area contributed by atoms with Crippen LogP contribution in [0.4, 0.5) is 5.69 Å². The van der Waals surface area contributed by atoms with E-state index in [4.69, 9.17) is 16.3 Å². The van der Waals surface area contributed by atoms with Crippen molar-refractivity contribution in [1.82, 2.24) is 4.31 Å². The molecule has 0 saturated carbocycles. The zero-order valence-electron chi connectivity index (χ0n) is 15.2. The third-order valence-corrected chi connectivity index (χ3v) is 6.86. The Kier molecular flexibility index (Phi) is 5.02. The van der Waals surface area contributed by atoms with Gasteiger partial charge in [-0.2, -0.15) is 4.31 Å². The number of fused-ring (bicyclic) bond motifs is 1. The van der Waals surface area contributed by atoms with Crippen molar-refractivity contribution in [2.45, 2.75) is 17.6 Å². The van der Waals surface area contributed by atoms with Crippen molar-refractivity contribution >= 4 is 27.3 Å². The van der Waals surface area contributed by atoms with Gasteiger partial charge in [-0.3, -0.25) is 0 Å². The normalized spacial score (nSPS) is 18.1. The van der Waals surface area contributed by atoms with Crippen LogP contribution in [0.2, 0.25) is 5.02 Å². The van der Waals surface area contributed by atoms with Crippen molar-refractivity contribution < 1.29 is 13.2 Å². The molecule has 0 unspecified atom stereocenters. The number of ether oxygens (including phenoxy) is 1. The topological polar surface area (TPSA) is 58.6 Å². The largest absolute Gasteiger partial charge is 0.497 e. The van der Waals surface area contributed by atoms with Gasteiger partial charge in [0.15, 0.2) is 0 Å². The van der Waals surface area contributed by atoms with E-state index in [0.717, 1.165) is 16.9 Å². The zero-order valence-corrected chi connectivity index (χ0v) is 16.7. The Bertz CT molecular complexity index is 1080. The lowest BCUT2D eigenvalue weighted by Crippen LogP contribution is -2.42. The fourth-order valence-corrected chi connectivity index (χ4v) is 5.08. The van der Waals surface area contributed by atoms with Gasteiger partial charge in [0.2, 0.25) is 10.0 Å². The Morgan fingerprint density at radius 3 is 2.36 bits per heavy atom. The second-order valence-corrected chi connectivity index (χ2v) is 8.79. The van der Waals surface area contributed by atoms with Crippen molar-refractivity contribution in [1.29, 1.82) is 0 Å². The maximum atomic E-state index is 13.4. The Balaban J connectivity index is 1.78. The quantitative estimate of drug-likeness (QED) is 0.674. The minimum Gasteiger partial charge on any atom is -0.497 e. The number of nitrogens with one attached hydrogen (secondary N) is 1. The number of halogens is 1. The molecule has 0 aliphatic carbocycles. The molecule has 0 saturated heterocycles. The molecule has 5 nitrogen and oxygen atoms in total. The molecule has 1 N–H and O–H groups in total. The summed E-state index contributed by atoms with van der Waals surface area (Å²) in [5.41, 5.74) is 2.27. The van der Waals surface area contributed by atoms with Gasteiger partial charge in [0.1, 0.15) is 16.8 Å². The number of nitrogens with zero attached hydrogens (tertiary/aromatic N) is 1. The average molecular weight is 415 g/mol. The third-order valence-electron chi connectivity index (χ3n) is 4.74. The number of methoxy groups -OCH3 is 1. The summed E-state index contributed by atoms with van der Waals surface area (Å²) in [6, 6.07) is 21.5. The number of anilines is 1. The lowest BCUT2D eigenvalue weighted by molar-refractivity contribution is 0.336. The van der Waals surface area contributed by atoms with Gasteiger partial charge in [0.05, 0.1) is 12.8 Å². The fraction of sp³-hybridized carbons (Fsp3) is 0.143. The Hall–Kier alpha value is -2.54. The molecule has 28 heavy (non-hydrogen) atoms. The number of rotatable bonds is 4. The van der Waals surface area contributed by atoms with Crippen LogP contribution in [0.1, 0.15) is 17.3 Å². The van der Waals surface area contributed by atoms with Crippen LogP contribution in [-0.4, -0.2) is 19.8 Å². The Labute approximate surface area is 169 Å². The van der Waals surface area contributed by atoms with Crippen LogP contribution in [0.25, 0.3) is 0 Å². The molecule has 0 spiro atoms. The standard InChI is InChI=1S/C21H19ClN2O3S/c1-27-18-12-6-15(7-13-18)14-24-21(16-8-10-17(22)11-9-16)23-19-4-2-3-5-20(19)28(24,25)26/h2-13,21,23H,14H2,1H3/t21-/m0/s1. The SMILES string of the molecule is COc1ccc(CN2[C@@H](c3ccc(Cl)cc3)Nc3ccccc3S2(=O)=O)cc1. The van der Waals surface area contributed by atoms with Crippen molar-refractivity contribution in [3.63, 3.8) is 0 Å². The number of para-hydroxylation sites is 1. The van der Waals surface area contributed by atoms with Gasteiger partial charge in [-0.1, -0.05) is 48.0 Å². The second kappa shape index (κ2) is 7.47. The highest BCUT2D eigenvalue weighted by Gasteiger charge is 2.38. The summed E-state index contributed by atoms with van der Waals surface area (Å²) in [7, 11) is -2.10. The molecule has 144 valence electrons. The molecule has 3 aromatic carbocycles. The Morgan fingerprint density at radius 1 is 1.00 bits per heavy atom. The monoisotopic (exact) mass is 414 g/mol. The zero-order chi connectivity index (χ0) is 19.7. The van der Waals surface area contributed by atoms with Crippen LogP contribution in [0, 0.1) is 0 Å². The Morgan fingerprint density at radius 2 is 1.68 bits per heavy atom. The summed E-state index contributed by atoms with van der Waals surface area (Å²) in [5, 5.41) is 3.96. The van der Waals surface area contributed by atoms with Gasteiger partial charge in [0.25, 0.3) is 0 Å². The molecule has 1 atom stereocenters. The summed E-state index contributed by atoms with van der Waals surface area (Å²) in [6.45, 7) is 0.223. The first-order valence-corrected chi connectivity index (χ1v) is 10.6. The lowest BCUT2D eigenvalue weighted by Gasteiger charge is -2.37. The predicted octanol–water partition coefficient (Wildman–Crippen LogP) is 4.66. The number of hydrogen-bond donors (Lipinski definition) is 1. The fourth-order valence-electron chi connectivity index (χ4n) is 3.28. The first-order valence-electron chi connectivity index (χ1n) is 8.75. The summed E-state index contributed by atoms with van der Waals surface area (Å²) >= 11 is 6.02. The second-order valence-electron chi connectivity index (χ2n) is 6.49. The van der Waals surface area contributed by atoms with Gasteiger partial charge in [0, 0.05) is 11.6 Å². The molecule has 0 fully saturated rings.